The summed E-state index contributed by atoms with van der Waals surface area (Å²) in [5.74, 6) is 3.95. The van der Waals surface area contributed by atoms with Gasteiger partial charge < -0.3 is 14.8 Å². The number of hydrogen-bond acceptors (Lipinski definition) is 3. The molecule has 2 aromatic carbocycles. The highest BCUT2D eigenvalue weighted by Crippen LogP contribution is 2.34. The highest BCUT2D eigenvalue weighted by atomic mass is 127. The van der Waals surface area contributed by atoms with Crippen molar-refractivity contribution in [1.29, 1.82) is 0 Å². The van der Waals surface area contributed by atoms with E-state index in [1.165, 1.54) is 11.3 Å². The number of rotatable bonds is 8. The van der Waals surface area contributed by atoms with Crippen LogP contribution in [0.3, 0.4) is 0 Å². The van der Waals surface area contributed by atoms with Crippen molar-refractivity contribution in [2.24, 2.45) is 0 Å². The highest BCUT2D eigenvalue weighted by molar-refractivity contribution is 14.1. The molecule has 0 spiro atoms. The second-order valence-electron chi connectivity index (χ2n) is 5.19. The summed E-state index contributed by atoms with van der Waals surface area (Å²) in [6, 6.07) is 12.5. The molecule has 0 aliphatic heterocycles. The summed E-state index contributed by atoms with van der Waals surface area (Å²) in [7, 11) is 0. The molecule has 0 saturated carbocycles. The molecule has 0 atom stereocenters. The summed E-state index contributed by atoms with van der Waals surface area (Å²) in [6.07, 6.45) is 6.30. The van der Waals surface area contributed by atoms with Crippen LogP contribution in [0.15, 0.2) is 36.4 Å². The molecule has 3 nitrogen and oxygen atoms in total. The highest BCUT2D eigenvalue weighted by Gasteiger charge is 2.12. The first kappa shape index (κ1) is 18.5. The van der Waals surface area contributed by atoms with Gasteiger partial charge in [0.15, 0.2) is 11.5 Å². The van der Waals surface area contributed by atoms with Crippen molar-refractivity contribution in [3.05, 3.63) is 51.1 Å². The van der Waals surface area contributed by atoms with Crippen LogP contribution >= 0.6 is 22.6 Å². The summed E-state index contributed by atoms with van der Waals surface area (Å²) >= 11 is 2.26. The fourth-order valence-corrected chi connectivity index (χ4v) is 3.26. The third kappa shape index (κ3) is 4.81. The third-order valence-electron chi connectivity index (χ3n) is 3.55. The maximum Gasteiger partial charge on any atom is 0.175 e. The summed E-state index contributed by atoms with van der Waals surface area (Å²) < 4.78 is 12.4. The molecule has 0 radical (unpaired) electrons. The maximum atomic E-state index is 5.73. The van der Waals surface area contributed by atoms with Gasteiger partial charge in [-0.1, -0.05) is 31.0 Å². The van der Waals surface area contributed by atoms with Crippen LogP contribution in [0.2, 0.25) is 0 Å². The van der Waals surface area contributed by atoms with Gasteiger partial charge in [-0.3, -0.25) is 0 Å². The zero-order valence-electron chi connectivity index (χ0n) is 14.1. The van der Waals surface area contributed by atoms with Crippen molar-refractivity contribution in [2.45, 2.75) is 26.8 Å². The lowest BCUT2D eigenvalue weighted by molar-refractivity contribution is 0.297. The molecule has 0 aliphatic carbocycles. The summed E-state index contributed by atoms with van der Waals surface area (Å²) in [5, 5.41) is 3.51. The Morgan fingerprint density at radius 1 is 1.17 bits per heavy atom. The second-order valence-corrected chi connectivity index (χ2v) is 6.36. The van der Waals surface area contributed by atoms with Crippen molar-refractivity contribution in [3.63, 3.8) is 0 Å². The quantitative estimate of drug-likeness (QED) is 0.474. The molecule has 0 fully saturated rings. The minimum Gasteiger partial charge on any atom is -0.490 e. The number of aryl methyl sites for hydroxylation is 1. The van der Waals surface area contributed by atoms with Crippen LogP contribution in [0.25, 0.3) is 0 Å². The first-order chi connectivity index (χ1) is 11.7. The smallest absolute Gasteiger partial charge is 0.175 e. The van der Waals surface area contributed by atoms with E-state index < -0.39 is 0 Å². The maximum absolute atomic E-state index is 5.73. The standard InChI is InChI=1S/C20H22INO2/c1-4-11-24-20-17(21)12-15(13-19(20)23-6-3)14-22-18-10-8-7-9-16(18)5-2/h1,7-10,12-13,22H,5-6,11,14H2,2-3H3. The topological polar surface area (TPSA) is 30.5 Å². The zero-order chi connectivity index (χ0) is 17.4. The van der Waals surface area contributed by atoms with Gasteiger partial charge in [0.25, 0.3) is 0 Å². The zero-order valence-corrected chi connectivity index (χ0v) is 16.2. The van der Waals surface area contributed by atoms with E-state index in [0.29, 0.717) is 12.4 Å². The Labute approximate surface area is 157 Å². The predicted molar refractivity (Wildman–Crippen MR) is 108 cm³/mol. The lowest BCUT2D eigenvalue weighted by Crippen LogP contribution is -2.05. The van der Waals surface area contributed by atoms with Crippen LogP contribution in [0.1, 0.15) is 25.0 Å². The Kier molecular flexibility index (Phi) is 7.26. The number of terminal acetylenes is 1. The van der Waals surface area contributed by atoms with Crippen LogP contribution in [-0.4, -0.2) is 13.2 Å². The van der Waals surface area contributed by atoms with Crippen molar-refractivity contribution >= 4 is 28.3 Å². The van der Waals surface area contributed by atoms with Gasteiger partial charge in [-0.25, -0.2) is 0 Å². The number of halogens is 1. The molecule has 4 heteroatoms. The molecule has 0 heterocycles. The lowest BCUT2D eigenvalue weighted by atomic mass is 10.1. The largest absolute Gasteiger partial charge is 0.490 e. The molecular weight excluding hydrogens is 413 g/mol. The molecule has 0 saturated heterocycles. The van der Waals surface area contributed by atoms with Crippen LogP contribution < -0.4 is 14.8 Å². The van der Waals surface area contributed by atoms with E-state index in [1.807, 2.05) is 19.1 Å². The number of hydrogen-bond donors (Lipinski definition) is 1. The molecule has 24 heavy (non-hydrogen) atoms. The normalized spacial score (nSPS) is 10.1. The van der Waals surface area contributed by atoms with Crippen LogP contribution in [0.5, 0.6) is 11.5 Å². The molecular formula is C20H22INO2. The van der Waals surface area contributed by atoms with E-state index in [-0.39, 0.29) is 6.61 Å². The number of ether oxygens (including phenoxy) is 2. The fraction of sp³-hybridized carbons (Fsp3) is 0.300. The van der Waals surface area contributed by atoms with E-state index in [1.54, 1.807) is 0 Å². The van der Waals surface area contributed by atoms with Gasteiger partial charge in [0.2, 0.25) is 0 Å². The SMILES string of the molecule is C#CCOc1c(I)cc(CNc2ccccc2CC)cc1OCC. The molecule has 0 aliphatic rings. The van der Waals surface area contributed by atoms with Crippen molar-refractivity contribution in [2.75, 3.05) is 18.5 Å². The number of para-hydroxylation sites is 1. The molecule has 126 valence electrons. The van der Waals surface area contributed by atoms with Crippen molar-refractivity contribution in [3.8, 4) is 23.8 Å². The van der Waals surface area contributed by atoms with Crippen LogP contribution in [0, 0.1) is 15.9 Å². The first-order valence-corrected chi connectivity index (χ1v) is 9.10. The van der Waals surface area contributed by atoms with Gasteiger partial charge in [-0.15, -0.1) is 6.42 Å². The van der Waals surface area contributed by atoms with E-state index in [2.05, 4.69) is 65.0 Å². The lowest BCUT2D eigenvalue weighted by Gasteiger charge is -2.16. The minimum atomic E-state index is 0.234. The Bertz CT molecular complexity index is 722. The Morgan fingerprint density at radius 3 is 2.67 bits per heavy atom. The van der Waals surface area contributed by atoms with Gasteiger partial charge in [-0.05, 0) is 65.3 Å². The van der Waals surface area contributed by atoms with Gasteiger partial charge >= 0.3 is 0 Å². The van der Waals surface area contributed by atoms with Crippen molar-refractivity contribution in [1.82, 2.24) is 0 Å². The third-order valence-corrected chi connectivity index (χ3v) is 4.35. The molecule has 0 amide bonds. The molecule has 0 unspecified atom stereocenters. The molecule has 1 N–H and O–H groups in total. The Morgan fingerprint density at radius 2 is 1.96 bits per heavy atom. The molecule has 2 aromatic rings. The van der Waals surface area contributed by atoms with Crippen LogP contribution in [0.4, 0.5) is 5.69 Å². The second kappa shape index (κ2) is 9.43. The van der Waals surface area contributed by atoms with E-state index in [9.17, 15) is 0 Å². The molecule has 2 rings (SSSR count). The molecule has 0 aromatic heterocycles. The predicted octanol–water partition coefficient (Wildman–Crippen LogP) is 4.88. The summed E-state index contributed by atoms with van der Waals surface area (Å²) in [5.41, 5.74) is 3.62. The van der Waals surface area contributed by atoms with Gasteiger partial charge in [-0.2, -0.15) is 0 Å². The minimum absolute atomic E-state index is 0.234. The average molecular weight is 435 g/mol. The van der Waals surface area contributed by atoms with E-state index in [4.69, 9.17) is 15.9 Å². The number of anilines is 1. The summed E-state index contributed by atoms with van der Waals surface area (Å²) in [4.78, 5) is 0. The first-order valence-electron chi connectivity index (χ1n) is 8.02. The number of nitrogens with one attached hydrogen (secondary N) is 1. The Balaban J connectivity index is 2.20. The number of benzene rings is 2. The monoisotopic (exact) mass is 435 g/mol. The Hall–Kier alpha value is -1.87. The van der Waals surface area contributed by atoms with Crippen LogP contribution in [-0.2, 0) is 13.0 Å². The van der Waals surface area contributed by atoms with E-state index >= 15 is 0 Å². The van der Waals surface area contributed by atoms with E-state index in [0.717, 1.165) is 27.8 Å². The van der Waals surface area contributed by atoms with Gasteiger partial charge in [0, 0.05) is 12.2 Å². The van der Waals surface area contributed by atoms with Gasteiger partial charge in [0.05, 0.1) is 10.2 Å². The molecule has 0 bridgehead atoms. The van der Waals surface area contributed by atoms with Crippen molar-refractivity contribution < 1.29 is 9.47 Å². The summed E-state index contributed by atoms with van der Waals surface area (Å²) in [6.45, 7) is 5.66. The fourth-order valence-electron chi connectivity index (χ4n) is 2.44. The average Bonchev–Trinajstić information content (AvgIpc) is 2.59. The van der Waals surface area contributed by atoms with Gasteiger partial charge in [0.1, 0.15) is 6.61 Å².